The van der Waals surface area contributed by atoms with Crippen molar-refractivity contribution < 1.29 is 4.74 Å². The number of hydrogen-bond donors (Lipinski definition) is 1. The molecule has 0 atom stereocenters. The van der Waals surface area contributed by atoms with Crippen LogP contribution in [0.5, 0.6) is 5.88 Å². The van der Waals surface area contributed by atoms with Crippen molar-refractivity contribution in [2.75, 3.05) is 13.2 Å². The first-order valence-electron chi connectivity index (χ1n) is 5.27. The van der Waals surface area contributed by atoms with Gasteiger partial charge in [0.1, 0.15) is 18.0 Å². The quantitative estimate of drug-likeness (QED) is 0.766. The van der Waals surface area contributed by atoms with Gasteiger partial charge < -0.3 is 10.1 Å². The summed E-state index contributed by atoms with van der Waals surface area (Å²) in [7, 11) is 0. The summed E-state index contributed by atoms with van der Waals surface area (Å²) in [6.07, 6.45) is 7.53. The molecule has 0 saturated carbocycles. The largest absolute Gasteiger partial charge is 0.475 e. The van der Waals surface area contributed by atoms with E-state index in [1.807, 2.05) is 18.2 Å². The molecule has 1 aromatic heterocycles. The minimum Gasteiger partial charge on any atom is -0.475 e. The Morgan fingerprint density at radius 1 is 1.41 bits per heavy atom. The smallest absolute Gasteiger partial charge is 0.237 e. The van der Waals surface area contributed by atoms with Crippen molar-refractivity contribution >= 4 is 18.0 Å². The van der Waals surface area contributed by atoms with Crippen LogP contribution in [0.2, 0.25) is 0 Å². The van der Waals surface area contributed by atoms with E-state index in [0.717, 1.165) is 23.5 Å². The molecular formula is C12H12ClN3O. The van der Waals surface area contributed by atoms with E-state index in [2.05, 4.69) is 21.0 Å². The molecule has 0 spiro atoms. The van der Waals surface area contributed by atoms with Gasteiger partial charge in [0.2, 0.25) is 5.88 Å². The first-order chi connectivity index (χ1) is 7.93. The Labute approximate surface area is 106 Å². The second kappa shape index (κ2) is 5.15. The fraction of sp³-hybridized carbons (Fsp3) is 0.250. The maximum Gasteiger partial charge on any atom is 0.237 e. The standard InChI is InChI=1S/C12H11N3O.ClH/c1-2-4-9(3-1)10-8-14-11-7-13-5-6-16-12(11)15-10;/h1-3,8,13H,5-7H2;1H. The molecule has 4 nitrogen and oxygen atoms in total. The highest BCUT2D eigenvalue weighted by Crippen LogP contribution is 2.20. The first-order valence-corrected chi connectivity index (χ1v) is 5.27. The number of rotatable bonds is 1. The van der Waals surface area contributed by atoms with E-state index in [4.69, 9.17) is 4.74 Å². The predicted molar refractivity (Wildman–Crippen MR) is 67.1 cm³/mol. The minimum absolute atomic E-state index is 0. The number of hydrogen-bond acceptors (Lipinski definition) is 4. The molecule has 0 radical (unpaired) electrons. The molecule has 1 aromatic rings. The normalized spacial score (nSPS) is 16.6. The summed E-state index contributed by atoms with van der Waals surface area (Å²) in [5.41, 5.74) is 5.74. The molecular weight excluding hydrogens is 238 g/mol. The summed E-state index contributed by atoms with van der Waals surface area (Å²) in [4.78, 5) is 8.82. The molecule has 3 rings (SSSR count). The number of aromatic nitrogens is 2. The van der Waals surface area contributed by atoms with Gasteiger partial charge in [0, 0.05) is 18.7 Å². The zero-order chi connectivity index (χ0) is 10.8. The highest BCUT2D eigenvalue weighted by molar-refractivity contribution is 5.85. The molecule has 1 aliphatic heterocycles. The molecule has 5 heteroatoms. The SMILES string of the molecule is C1=CC=CC=1c1cnc2c(n1)OCCNC2.Cl. The Morgan fingerprint density at radius 3 is 3.18 bits per heavy atom. The van der Waals surface area contributed by atoms with Gasteiger partial charge in [-0.1, -0.05) is 6.08 Å². The Kier molecular flexibility index (Phi) is 3.59. The van der Waals surface area contributed by atoms with Crippen molar-refractivity contribution in [2.24, 2.45) is 0 Å². The molecule has 0 fully saturated rings. The van der Waals surface area contributed by atoms with Crippen LogP contribution < -0.4 is 10.1 Å². The van der Waals surface area contributed by atoms with Crippen LogP contribution in [-0.4, -0.2) is 23.1 Å². The summed E-state index contributed by atoms with van der Waals surface area (Å²) in [6.45, 7) is 2.18. The van der Waals surface area contributed by atoms with Gasteiger partial charge in [0.05, 0.1) is 6.20 Å². The van der Waals surface area contributed by atoms with Gasteiger partial charge in [0.15, 0.2) is 0 Å². The molecule has 0 aromatic carbocycles. The van der Waals surface area contributed by atoms with E-state index in [1.165, 1.54) is 0 Å². The molecule has 0 amide bonds. The third-order valence-electron chi connectivity index (χ3n) is 2.50. The number of halogens is 1. The van der Waals surface area contributed by atoms with E-state index < -0.39 is 0 Å². The second-order valence-corrected chi connectivity index (χ2v) is 3.62. The van der Waals surface area contributed by atoms with E-state index >= 15 is 0 Å². The topological polar surface area (TPSA) is 47.0 Å². The molecule has 0 bridgehead atoms. The third-order valence-corrected chi connectivity index (χ3v) is 2.50. The molecule has 2 heterocycles. The van der Waals surface area contributed by atoms with Gasteiger partial charge in [-0.2, -0.15) is 0 Å². The van der Waals surface area contributed by atoms with Crippen molar-refractivity contribution in [3.8, 4) is 5.88 Å². The van der Waals surface area contributed by atoms with E-state index in [0.29, 0.717) is 19.0 Å². The number of ether oxygens (including phenoxy) is 1. The summed E-state index contributed by atoms with van der Waals surface area (Å²) in [5.74, 6) is 0.636. The zero-order valence-corrected chi connectivity index (χ0v) is 9.96. The van der Waals surface area contributed by atoms with E-state index in [1.54, 1.807) is 6.20 Å². The van der Waals surface area contributed by atoms with Crippen molar-refractivity contribution in [1.29, 1.82) is 0 Å². The van der Waals surface area contributed by atoms with E-state index in [-0.39, 0.29) is 12.4 Å². The van der Waals surface area contributed by atoms with Gasteiger partial charge >= 0.3 is 0 Å². The molecule has 88 valence electrons. The van der Waals surface area contributed by atoms with Crippen LogP contribution in [0.1, 0.15) is 11.4 Å². The zero-order valence-electron chi connectivity index (χ0n) is 9.14. The summed E-state index contributed by atoms with van der Waals surface area (Å²) in [5, 5.41) is 3.22. The number of allylic oxidation sites excluding steroid dienone is 3. The fourth-order valence-electron chi connectivity index (χ4n) is 1.68. The van der Waals surface area contributed by atoms with Gasteiger partial charge in [0.25, 0.3) is 0 Å². The van der Waals surface area contributed by atoms with Crippen LogP contribution in [0.15, 0.2) is 30.2 Å². The summed E-state index contributed by atoms with van der Waals surface area (Å²) < 4.78 is 5.54. The molecule has 0 saturated heterocycles. The Bertz CT molecular complexity index is 518. The minimum atomic E-state index is 0. The molecule has 0 unspecified atom stereocenters. The Hall–Kier alpha value is -1.61. The number of nitrogens with zero attached hydrogens (tertiary/aromatic N) is 2. The number of nitrogens with one attached hydrogen (secondary N) is 1. The third kappa shape index (κ3) is 2.39. The van der Waals surface area contributed by atoms with Crippen LogP contribution >= 0.6 is 12.4 Å². The number of fused-ring (bicyclic) bond motifs is 1. The van der Waals surface area contributed by atoms with Crippen molar-refractivity contribution in [1.82, 2.24) is 15.3 Å². The lowest BCUT2D eigenvalue weighted by Gasteiger charge is -2.06. The maximum atomic E-state index is 5.54. The average Bonchev–Trinajstić information content (AvgIpc) is 2.74. The average molecular weight is 250 g/mol. The fourth-order valence-corrected chi connectivity index (χ4v) is 1.68. The maximum absolute atomic E-state index is 5.54. The van der Waals surface area contributed by atoms with Crippen LogP contribution in [0, 0.1) is 0 Å². The lowest BCUT2D eigenvalue weighted by Crippen LogP contribution is -2.16. The van der Waals surface area contributed by atoms with Gasteiger partial charge in [-0.05, 0) is 12.2 Å². The predicted octanol–water partition coefficient (Wildman–Crippen LogP) is 1.49. The highest BCUT2D eigenvalue weighted by atomic mass is 35.5. The van der Waals surface area contributed by atoms with Crippen molar-refractivity contribution in [2.45, 2.75) is 6.54 Å². The lowest BCUT2D eigenvalue weighted by molar-refractivity contribution is 0.312. The van der Waals surface area contributed by atoms with Gasteiger partial charge in [-0.25, -0.2) is 4.98 Å². The lowest BCUT2D eigenvalue weighted by atomic mass is 10.2. The first kappa shape index (κ1) is 11.9. The van der Waals surface area contributed by atoms with Gasteiger partial charge in [-0.15, -0.1) is 18.1 Å². The van der Waals surface area contributed by atoms with Gasteiger partial charge in [-0.3, -0.25) is 4.98 Å². The van der Waals surface area contributed by atoms with Crippen LogP contribution in [-0.2, 0) is 6.54 Å². The summed E-state index contributed by atoms with van der Waals surface area (Å²) in [6, 6.07) is 0. The molecule has 1 aliphatic carbocycles. The Balaban J connectivity index is 0.00000108. The molecule has 17 heavy (non-hydrogen) atoms. The van der Waals surface area contributed by atoms with Crippen LogP contribution in [0.4, 0.5) is 0 Å². The van der Waals surface area contributed by atoms with Crippen molar-refractivity contribution in [3.05, 3.63) is 41.5 Å². The molecule has 2 aliphatic rings. The Morgan fingerprint density at radius 2 is 2.35 bits per heavy atom. The summed E-state index contributed by atoms with van der Waals surface area (Å²) >= 11 is 0. The van der Waals surface area contributed by atoms with E-state index in [9.17, 15) is 0 Å². The van der Waals surface area contributed by atoms with Crippen molar-refractivity contribution in [3.63, 3.8) is 0 Å². The molecule has 1 N–H and O–H groups in total. The monoisotopic (exact) mass is 249 g/mol. The second-order valence-electron chi connectivity index (χ2n) is 3.62. The van der Waals surface area contributed by atoms with Crippen LogP contribution in [0.25, 0.3) is 5.57 Å². The highest BCUT2D eigenvalue weighted by Gasteiger charge is 2.13. The van der Waals surface area contributed by atoms with Crippen LogP contribution in [0.3, 0.4) is 0 Å².